The molecule has 5 nitrogen and oxygen atoms in total. The maximum atomic E-state index is 10.8. The van der Waals surface area contributed by atoms with Crippen LogP contribution in [-0.4, -0.2) is 36.9 Å². The lowest BCUT2D eigenvalue weighted by Gasteiger charge is -1.98. The van der Waals surface area contributed by atoms with Crippen molar-refractivity contribution in [2.24, 2.45) is 0 Å². The Hall–Kier alpha value is -1.36. The van der Waals surface area contributed by atoms with E-state index in [4.69, 9.17) is 5.11 Å². The first-order valence-corrected chi connectivity index (χ1v) is 4.33. The van der Waals surface area contributed by atoms with Gasteiger partial charge < -0.3 is 14.6 Å². The highest BCUT2D eigenvalue weighted by molar-refractivity contribution is 5.91. The molecule has 0 aliphatic rings. The van der Waals surface area contributed by atoms with E-state index in [1.165, 1.54) is 0 Å². The fourth-order valence-corrected chi connectivity index (χ4v) is 0.581. The molecular formula is C9H14O5. The summed E-state index contributed by atoms with van der Waals surface area (Å²) in [6, 6.07) is 0. The van der Waals surface area contributed by atoms with Crippen molar-refractivity contribution in [3.63, 3.8) is 0 Å². The summed E-state index contributed by atoms with van der Waals surface area (Å²) in [5, 5.41) is 8.32. The van der Waals surface area contributed by atoms with Crippen LogP contribution in [-0.2, 0) is 19.1 Å². The molecule has 5 heteroatoms. The zero-order valence-electron chi connectivity index (χ0n) is 8.06. The lowest BCUT2D eigenvalue weighted by Crippen LogP contribution is -2.07. The molecule has 0 rings (SSSR count). The van der Waals surface area contributed by atoms with Crippen LogP contribution in [0.15, 0.2) is 12.2 Å². The first-order valence-electron chi connectivity index (χ1n) is 4.33. The van der Waals surface area contributed by atoms with E-state index in [0.29, 0.717) is 6.61 Å². The first kappa shape index (κ1) is 12.6. The average Bonchev–Trinajstić information content (AvgIpc) is 2.20. The van der Waals surface area contributed by atoms with Crippen molar-refractivity contribution in [3.8, 4) is 0 Å². The van der Waals surface area contributed by atoms with Crippen LogP contribution in [0.2, 0.25) is 0 Å². The van der Waals surface area contributed by atoms with Gasteiger partial charge in [0.05, 0.1) is 13.2 Å². The smallest absolute Gasteiger partial charge is 0.331 e. The Morgan fingerprint density at radius 2 is 1.64 bits per heavy atom. The molecule has 0 fully saturated rings. The lowest BCUT2D eigenvalue weighted by atomic mass is 10.5. The molecule has 0 heterocycles. The molecule has 0 unspecified atom stereocenters. The van der Waals surface area contributed by atoms with Gasteiger partial charge in [0, 0.05) is 12.2 Å². The predicted octanol–water partition coefficient (Wildman–Crippen LogP) is 0.0313. The van der Waals surface area contributed by atoms with Gasteiger partial charge in [0.25, 0.3) is 0 Å². The van der Waals surface area contributed by atoms with Crippen LogP contribution in [0.3, 0.4) is 0 Å². The van der Waals surface area contributed by atoms with Gasteiger partial charge in [-0.05, 0) is 6.42 Å². The molecule has 0 spiro atoms. The fourth-order valence-electron chi connectivity index (χ4n) is 0.581. The summed E-state index contributed by atoms with van der Waals surface area (Å²) in [6.45, 7) is 1.88. The molecule has 0 aliphatic carbocycles. The standard InChI is InChI=1S/C9H14O5/c1-2-6-13-8(11)3-4-9(12)14-7-5-10/h3-4,10H,2,5-7H2,1H3. The SMILES string of the molecule is CCCOC(=O)C=CC(=O)OCCO. The Balaban J connectivity index is 3.68. The monoisotopic (exact) mass is 202 g/mol. The van der Waals surface area contributed by atoms with E-state index in [0.717, 1.165) is 18.6 Å². The van der Waals surface area contributed by atoms with Gasteiger partial charge in [0.15, 0.2) is 0 Å². The second-order valence-electron chi connectivity index (χ2n) is 2.39. The Bertz CT molecular complexity index is 187. The fraction of sp³-hybridized carbons (Fsp3) is 0.556. The van der Waals surface area contributed by atoms with Crippen molar-refractivity contribution in [2.45, 2.75) is 13.3 Å². The number of aliphatic hydroxyl groups is 1. The van der Waals surface area contributed by atoms with Crippen LogP contribution < -0.4 is 0 Å². The van der Waals surface area contributed by atoms with E-state index in [1.807, 2.05) is 6.92 Å². The summed E-state index contributed by atoms with van der Waals surface area (Å²) >= 11 is 0. The number of hydrogen-bond acceptors (Lipinski definition) is 5. The first-order chi connectivity index (χ1) is 6.70. The van der Waals surface area contributed by atoms with E-state index in [-0.39, 0.29) is 13.2 Å². The minimum Gasteiger partial charge on any atom is -0.463 e. The molecule has 0 amide bonds. The van der Waals surface area contributed by atoms with Gasteiger partial charge >= 0.3 is 11.9 Å². The molecule has 80 valence electrons. The highest BCUT2D eigenvalue weighted by atomic mass is 16.5. The number of hydrogen-bond donors (Lipinski definition) is 1. The number of esters is 2. The Morgan fingerprint density at radius 3 is 2.07 bits per heavy atom. The highest BCUT2D eigenvalue weighted by Crippen LogP contribution is 1.86. The summed E-state index contributed by atoms with van der Waals surface area (Å²) in [7, 11) is 0. The second-order valence-corrected chi connectivity index (χ2v) is 2.39. The van der Waals surface area contributed by atoms with Gasteiger partial charge in [-0.2, -0.15) is 0 Å². The quantitative estimate of drug-likeness (QED) is 0.486. The molecule has 0 saturated heterocycles. The van der Waals surface area contributed by atoms with Gasteiger partial charge in [-0.3, -0.25) is 0 Å². The number of rotatable bonds is 6. The molecule has 0 saturated carbocycles. The zero-order valence-corrected chi connectivity index (χ0v) is 8.06. The van der Waals surface area contributed by atoms with Crippen molar-refractivity contribution < 1.29 is 24.2 Å². The number of carbonyl (C=O) groups is 2. The summed E-state index contributed by atoms with van der Waals surface area (Å²) < 4.78 is 9.13. The van der Waals surface area contributed by atoms with Crippen LogP contribution >= 0.6 is 0 Å². The Labute approximate surface area is 82.3 Å². The van der Waals surface area contributed by atoms with Crippen LogP contribution in [0.5, 0.6) is 0 Å². The van der Waals surface area contributed by atoms with Crippen LogP contribution in [0.1, 0.15) is 13.3 Å². The average molecular weight is 202 g/mol. The molecule has 0 radical (unpaired) electrons. The van der Waals surface area contributed by atoms with Crippen molar-refractivity contribution in [1.29, 1.82) is 0 Å². The van der Waals surface area contributed by atoms with Gasteiger partial charge in [-0.25, -0.2) is 9.59 Å². The number of ether oxygens (including phenoxy) is 2. The van der Waals surface area contributed by atoms with Crippen molar-refractivity contribution >= 4 is 11.9 Å². The largest absolute Gasteiger partial charge is 0.463 e. The van der Waals surface area contributed by atoms with E-state index < -0.39 is 11.9 Å². The predicted molar refractivity (Wildman–Crippen MR) is 48.4 cm³/mol. The van der Waals surface area contributed by atoms with Crippen molar-refractivity contribution in [3.05, 3.63) is 12.2 Å². The third-order valence-corrected chi connectivity index (χ3v) is 1.14. The summed E-state index contributed by atoms with van der Waals surface area (Å²) in [5.41, 5.74) is 0. The van der Waals surface area contributed by atoms with Crippen molar-refractivity contribution in [1.82, 2.24) is 0 Å². The molecule has 1 N–H and O–H groups in total. The van der Waals surface area contributed by atoms with Crippen LogP contribution in [0.25, 0.3) is 0 Å². The Kier molecular flexibility index (Phi) is 7.45. The lowest BCUT2D eigenvalue weighted by molar-refractivity contribution is -0.141. The summed E-state index contributed by atoms with van der Waals surface area (Å²) in [6.07, 6.45) is 2.69. The normalized spacial score (nSPS) is 10.1. The van der Waals surface area contributed by atoms with Gasteiger partial charge in [0.1, 0.15) is 6.61 Å². The van der Waals surface area contributed by atoms with Crippen molar-refractivity contribution in [2.75, 3.05) is 19.8 Å². The third kappa shape index (κ3) is 7.30. The number of aliphatic hydroxyl groups excluding tert-OH is 1. The Morgan fingerprint density at radius 1 is 1.14 bits per heavy atom. The maximum absolute atomic E-state index is 10.8. The zero-order chi connectivity index (χ0) is 10.8. The molecule has 0 aromatic rings. The second kappa shape index (κ2) is 8.25. The van der Waals surface area contributed by atoms with E-state index in [1.54, 1.807) is 0 Å². The molecule has 0 aromatic heterocycles. The third-order valence-electron chi connectivity index (χ3n) is 1.14. The van der Waals surface area contributed by atoms with Gasteiger partial charge in [-0.15, -0.1) is 0 Å². The van der Waals surface area contributed by atoms with E-state index in [9.17, 15) is 9.59 Å². The molecule has 14 heavy (non-hydrogen) atoms. The van der Waals surface area contributed by atoms with Crippen LogP contribution in [0, 0.1) is 0 Å². The molecule has 0 atom stereocenters. The van der Waals surface area contributed by atoms with E-state index >= 15 is 0 Å². The summed E-state index contributed by atoms with van der Waals surface area (Å²) in [4.78, 5) is 21.6. The summed E-state index contributed by atoms with van der Waals surface area (Å²) in [5.74, 6) is -1.25. The minimum absolute atomic E-state index is 0.0762. The van der Waals surface area contributed by atoms with Gasteiger partial charge in [0.2, 0.25) is 0 Å². The molecule has 0 aliphatic heterocycles. The van der Waals surface area contributed by atoms with Crippen LogP contribution in [0.4, 0.5) is 0 Å². The highest BCUT2D eigenvalue weighted by Gasteiger charge is 1.99. The maximum Gasteiger partial charge on any atom is 0.331 e. The van der Waals surface area contributed by atoms with E-state index in [2.05, 4.69) is 9.47 Å². The molecule has 0 bridgehead atoms. The van der Waals surface area contributed by atoms with Gasteiger partial charge in [-0.1, -0.05) is 6.92 Å². The number of carbonyl (C=O) groups excluding carboxylic acids is 2. The molecular weight excluding hydrogens is 188 g/mol. The topological polar surface area (TPSA) is 72.8 Å². The molecule has 0 aromatic carbocycles. The minimum atomic E-state index is -0.674.